The van der Waals surface area contributed by atoms with E-state index in [0.717, 1.165) is 5.56 Å². The predicted molar refractivity (Wildman–Crippen MR) is 118 cm³/mol. The van der Waals surface area contributed by atoms with Crippen LogP contribution in [0.3, 0.4) is 0 Å². The van der Waals surface area contributed by atoms with Gasteiger partial charge in [0.1, 0.15) is 11.1 Å². The van der Waals surface area contributed by atoms with Crippen molar-refractivity contribution in [1.82, 2.24) is 10.2 Å². The van der Waals surface area contributed by atoms with Crippen LogP contribution in [0.1, 0.15) is 33.3 Å². The standard InChI is InChI=1S/C21H14BrN3O5S/c1-9-3-4-13-11(5-9)17(26)15-16(10-6-12(22)18(27)14(7-10)29-2)25(20(28)19(15)30-13)21-24-23-8-31-21/h3-8,16,27H,1-2H3. The molecule has 0 saturated heterocycles. The van der Waals surface area contributed by atoms with Crippen LogP contribution in [0.25, 0.3) is 11.0 Å². The average molecular weight is 500 g/mol. The molecule has 156 valence electrons. The van der Waals surface area contributed by atoms with Crippen LogP contribution >= 0.6 is 27.3 Å². The number of nitrogens with zero attached hydrogens (tertiary/aromatic N) is 3. The molecule has 0 saturated carbocycles. The van der Waals surface area contributed by atoms with E-state index < -0.39 is 11.9 Å². The normalized spacial score (nSPS) is 15.5. The zero-order valence-corrected chi connectivity index (χ0v) is 18.7. The Labute approximate surface area is 187 Å². The van der Waals surface area contributed by atoms with Gasteiger partial charge in [-0.05, 0) is 52.7 Å². The minimum Gasteiger partial charge on any atom is -0.503 e. The molecule has 1 N–H and O–H groups in total. The number of phenols is 1. The molecule has 10 heteroatoms. The number of fused-ring (bicyclic) bond motifs is 2. The summed E-state index contributed by atoms with van der Waals surface area (Å²) in [4.78, 5) is 28.3. The molecular weight excluding hydrogens is 486 g/mol. The number of hydrogen-bond donors (Lipinski definition) is 1. The van der Waals surface area contributed by atoms with Crippen molar-refractivity contribution in [3.63, 3.8) is 0 Å². The van der Waals surface area contributed by atoms with E-state index in [1.54, 1.807) is 24.3 Å². The van der Waals surface area contributed by atoms with Crippen molar-refractivity contribution in [3.05, 3.63) is 73.0 Å². The van der Waals surface area contributed by atoms with Gasteiger partial charge in [0.2, 0.25) is 10.9 Å². The Morgan fingerprint density at radius 1 is 1.26 bits per heavy atom. The second kappa shape index (κ2) is 7.17. The first-order chi connectivity index (χ1) is 14.9. The summed E-state index contributed by atoms with van der Waals surface area (Å²) in [6.45, 7) is 1.88. The number of halogens is 1. The lowest BCUT2D eigenvalue weighted by Gasteiger charge is -2.23. The van der Waals surface area contributed by atoms with Gasteiger partial charge in [-0.2, -0.15) is 0 Å². The molecule has 31 heavy (non-hydrogen) atoms. The van der Waals surface area contributed by atoms with Crippen molar-refractivity contribution in [3.8, 4) is 11.5 Å². The number of aromatic nitrogens is 2. The fourth-order valence-corrected chi connectivity index (χ4v) is 4.82. The van der Waals surface area contributed by atoms with E-state index in [4.69, 9.17) is 9.15 Å². The summed E-state index contributed by atoms with van der Waals surface area (Å²) in [7, 11) is 1.42. The fourth-order valence-electron chi connectivity index (χ4n) is 3.78. The third kappa shape index (κ3) is 2.94. The van der Waals surface area contributed by atoms with Gasteiger partial charge in [-0.1, -0.05) is 23.0 Å². The molecule has 1 amide bonds. The second-order valence-electron chi connectivity index (χ2n) is 7.03. The lowest BCUT2D eigenvalue weighted by atomic mass is 9.98. The molecule has 1 unspecified atom stereocenters. The molecule has 1 aliphatic heterocycles. The second-order valence-corrected chi connectivity index (χ2v) is 8.69. The van der Waals surface area contributed by atoms with E-state index in [0.29, 0.717) is 26.1 Å². The number of amides is 1. The summed E-state index contributed by atoms with van der Waals surface area (Å²) in [6, 6.07) is 7.63. The first kappa shape index (κ1) is 19.7. The molecule has 2 aromatic heterocycles. The number of aromatic hydroxyl groups is 1. The van der Waals surface area contributed by atoms with Gasteiger partial charge < -0.3 is 14.3 Å². The maximum atomic E-state index is 13.6. The number of methoxy groups -OCH3 is 1. The van der Waals surface area contributed by atoms with Crippen LogP contribution in [0.15, 0.2) is 49.5 Å². The highest BCUT2D eigenvalue weighted by Crippen LogP contribution is 2.45. The number of carbonyl (C=O) groups is 1. The lowest BCUT2D eigenvalue weighted by Crippen LogP contribution is -2.29. The third-order valence-corrected chi connectivity index (χ3v) is 6.46. The summed E-state index contributed by atoms with van der Waals surface area (Å²) in [6.07, 6.45) is 0. The largest absolute Gasteiger partial charge is 0.503 e. The van der Waals surface area contributed by atoms with Gasteiger partial charge in [-0.25, -0.2) is 0 Å². The van der Waals surface area contributed by atoms with Gasteiger partial charge in [0.25, 0.3) is 5.91 Å². The van der Waals surface area contributed by atoms with Gasteiger partial charge in [0.15, 0.2) is 16.9 Å². The Balaban J connectivity index is 1.85. The molecule has 1 atom stereocenters. The minimum atomic E-state index is -0.831. The van der Waals surface area contributed by atoms with Crippen LogP contribution in [0.2, 0.25) is 0 Å². The van der Waals surface area contributed by atoms with E-state index in [1.807, 2.05) is 13.0 Å². The maximum Gasteiger partial charge on any atom is 0.297 e. The number of hydrogen-bond acceptors (Lipinski definition) is 8. The van der Waals surface area contributed by atoms with Crippen molar-refractivity contribution in [2.75, 3.05) is 12.0 Å². The van der Waals surface area contributed by atoms with Crippen LogP contribution in [-0.4, -0.2) is 28.3 Å². The van der Waals surface area contributed by atoms with Crippen molar-refractivity contribution in [2.24, 2.45) is 0 Å². The van der Waals surface area contributed by atoms with Gasteiger partial charge >= 0.3 is 0 Å². The number of carbonyl (C=O) groups excluding carboxylic acids is 1. The highest BCUT2D eigenvalue weighted by molar-refractivity contribution is 9.10. The molecule has 5 rings (SSSR count). The third-order valence-electron chi connectivity index (χ3n) is 5.17. The molecule has 0 fully saturated rings. The Hall–Kier alpha value is -3.24. The highest BCUT2D eigenvalue weighted by atomic mass is 79.9. The number of anilines is 1. The molecule has 0 bridgehead atoms. The molecule has 4 aromatic rings. The molecule has 1 aliphatic rings. The smallest absolute Gasteiger partial charge is 0.297 e. The number of aryl methyl sites for hydroxylation is 1. The van der Waals surface area contributed by atoms with E-state index >= 15 is 0 Å². The summed E-state index contributed by atoms with van der Waals surface area (Å²) in [5.74, 6) is -0.410. The molecule has 8 nitrogen and oxygen atoms in total. The van der Waals surface area contributed by atoms with Crippen molar-refractivity contribution in [2.45, 2.75) is 13.0 Å². The Kier molecular flexibility index (Phi) is 4.56. The maximum absolute atomic E-state index is 13.6. The van der Waals surface area contributed by atoms with Crippen LogP contribution in [0, 0.1) is 6.92 Å². The van der Waals surface area contributed by atoms with Gasteiger partial charge in [-0.15, -0.1) is 10.2 Å². The van der Waals surface area contributed by atoms with E-state index in [2.05, 4.69) is 26.1 Å². The zero-order valence-electron chi connectivity index (χ0n) is 16.2. The van der Waals surface area contributed by atoms with Crippen molar-refractivity contribution in [1.29, 1.82) is 0 Å². The Bertz CT molecular complexity index is 1420. The Morgan fingerprint density at radius 3 is 2.77 bits per heavy atom. The van der Waals surface area contributed by atoms with E-state index in [1.165, 1.54) is 28.9 Å². The van der Waals surface area contributed by atoms with E-state index in [9.17, 15) is 14.7 Å². The molecule has 0 aliphatic carbocycles. The fraction of sp³-hybridized carbons (Fsp3) is 0.143. The molecule has 2 aromatic carbocycles. The number of phenolic OH excluding ortho intramolecular Hbond substituents is 1. The number of benzene rings is 2. The zero-order chi connectivity index (χ0) is 21.9. The first-order valence-electron chi connectivity index (χ1n) is 9.14. The molecule has 0 radical (unpaired) electrons. The number of rotatable bonds is 3. The van der Waals surface area contributed by atoms with Gasteiger partial charge in [0, 0.05) is 0 Å². The van der Waals surface area contributed by atoms with Crippen LogP contribution in [0.4, 0.5) is 5.13 Å². The minimum absolute atomic E-state index is 0.0373. The molecule has 3 heterocycles. The summed E-state index contributed by atoms with van der Waals surface area (Å²) in [5, 5.41) is 18.8. The number of ether oxygens (including phenoxy) is 1. The van der Waals surface area contributed by atoms with Crippen LogP contribution in [0.5, 0.6) is 11.5 Å². The van der Waals surface area contributed by atoms with Gasteiger partial charge in [0.05, 0.1) is 28.6 Å². The van der Waals surface area contributed by atoms with Gasteiger partial charge in [-0.3, -0.25) is 14.5 Å². The SMILES string of the molecule is COc1cc(C2c3c(oc4ccc(C)cc4c3=O)C(=O)N2c2nncs2)cc(Br)c1O. The summed E-state index contributed by atoms with van der Waals surface area (Å²) in [5.41, 5.74) is 3.20. The quantitative estimate of drug-likeness (QED) is 0.450. The van der Waals surface area contributed by atoms with Crippen LogP contribution in [-0.2, 0) is 0 Å². The summed E-state index contributed by atoms with van der Waals surface area (Å²) >= 11 is 4.49. The van der Waals surface area contributed by atoms with Crippen molar-refractivity contribution < 1.29 is 19.1 Å². The topological polar surface area (TPSA) is 106 Å². The highest BCUT2D eigenvalue weighted by Gasteiger charge is 2.45. The average Bonchev–Trinajstić information content (AvgIpc) is 3.37. The summed E-state index contributed by atoms with van der Waals surface area (Å²) < 4.78 is 11.6. The molecule has 0 spiro atoms. The lowest BCUT2D eigenvalue weighted by molar-refractivity contribution is 0.0970. The van der Waals surface area contributed by atoms with Crippen molar-refractivity contribution >= 4 is 49.3 Å². The van der Waals surface area contributed by atoms with E-state index in [-0.39, 0.29) is 28.3 Å². The first-order valence-corrected chi connectivity index (χ1v) is 10.8. The predicted octanol–water partition coefficient (Wildman–Crippen LogP) is 4.18. The van der Waals surface area contributed by atoms with Crippen LogP contribution < -0.4 is 15.1 Å². The molecular formula is C21H14BrN3O5S. The Morgan fingerprint density at radius 2 is 2.06 bits per heavy atom. The monoisotopic (exact) mass is 499 g/mol.